The van der Waals surface area contributed by atoms with Crippen molar-refractivity contribution in [2.75, 3.05) is 12.8 Å². The quantitative estimate of drug-likeness (QED) is 0.831. The molecule has 4 heteroatoms. The fourth-order valence-electron chi connectivity index (χ4n) is 2.30. The van der Waals surface area contributed by atoms with Crippen LogP contribution in [-0.2, 0) is 9.84 Å². The van der Waals surface area contributed by atoms with Crippen LogP contribution in [0.2, 0.25) is 0 Å². The zero-order chi connectivity index (χ0) is 12.4. The van der Waals surface area contributed by atoms with Crippen molar-refractivity contribution in [2.45, 2.75) is 63.2 Å². The Bertz CT molecular complexity index is 321. The molecule has 0 amide bonds. The molecule has 1 aliphatic rings. The predicted molar refractivity (Wildman–Crippen MR) is 68.4 cm³/mol. The lowest BCUT2D eigenvalue weighted by atomic mass is 9.87. The summed E-state index contributed by atoms with van der Waals surface area (Å²) in [7, 11) is -2.97. The van der Waals surface area contributed by atoms with E-state index in [0.717, 1.165) is 25.7 Å². The van der Waals surface area contributed by atoms with Crippen molar-refractivity contribution in [1.82, 2.24) is 5.32 Å². The van der Waals surface area contributed by atoms with Crippen LogP contribution >= 0.6 is 0 Å². The second kappa shape index (κ2) is 4.65. The SMILES string of the molecule is CC(C)(C)NCC1(S(C)(=O)=O)CCCCC1. The summed E-state index contributed by atoms with van der Waals surface area (Å²) in [5.41, 5.74) is -0.0187. The van der Waals surface area contributed by atoms with Crippen LogP contribution in [0.15, 0.2) is 0 Å². The molecule has 96 valence electrons. The summed E-state index contributed by atoms with van der Waals surface area (Å²) < 4.78 is 23.5. The smallest absolute Gasteiger partial charge is 0.154 e. The average Bonchev–Trinajstić information content (AvgIpc) is 2.13. The van der Waals surface area contributed by atoms with Gasteiger partial charge in [-0.1, -0.05) is 19.3 Å². The number of hydrogen-bond acceptors (Lipinski definition) is 3. The van der Waals surface area contributed by atoms with Crippen molar-refractivity contribution in [3.05, 3.63) is 0 Å². The standard InChI is InChI=1S/C12H25NO2S/c1-11(2,3)13-10-12(16(4,14)15)8-6-5-7-9-12/h13H,5-10H2,1-4H3. The fourth-order valence-corrected chi connectivity index (χ4v) is 3.67. The minimum Gasteiger partial charge on any atom is -0.310 e. The van der Waals surface area contributed by atoms with E-state index in [1.807, 2.05) is 0 Å². The third-order valence-electron chi connectivity index (χ3n) is 3.49. The van der Waals surface area contributed by atoms with Crippen molar-refractivity contribution in [3.8, 4) is 0 Å². The van der Waals surface area contributed by atoms with Gasteiger partial charge in [0.2, 0.25) is 0 Å². The van der Waals surface area contributed by atoms with Gasteiger partial charge in [0.05, 0.1) is 4.75 Å². The first-order chi connectivity index (χ1) is 7.16. The van der Waals surface area contributed by atoms with Crippen LogP contribution in [0, 0.1) is 0 Å². The van der Waals surface area contributed by atoms with Crippen LogP contribution in [0.3, 0.4) is 0 Å². The largest absolute Gasteiger partial charge is 0.310 e. The Kier molecular flexibility index (Phi) is 4.06. The molecule has 1 rings (SSSR count). The van der Waals surface area contributed by atoms with E-state index in [1.165, 1.54) is 12.7 Å². The van der Waals surface area contributed by atoms with Crippen LogP contribution in [0.25, 0.3) is 0 Å². The second-order valence-electron chi connectivity index (χ2n) is 6.12. The van der Waals surface area contributed by atoms with Gasteiger partial charge in [-0.25, -0.2) is 8.42 Å². The van der Waals surface area contributed by atoms with Crippen molar-refractivity contribution in [1.29, 1.82) is 0 Å². The lowest BCUT2D eigenvalue weighted by Crippen LogP contribution is -2.52. The van der Waals surface area contributed by atoms with Gasteiger partial charge in [0.15, 0.2) is 9.84 Å². The molecule has 1 N–H and O–H groups in total. The van der Waals surface area contributed by atoms with E-state index in [1.54, 1.807) is 0 Å². The minimum atomic E-state index is -2.97. The molecule has 0 bridgehead atoms. The summed E-state index contributed by atoms with van der Waals surface area (Å²) in [5.74, 6) is 0. The monoisotopic (exact) mass is 247 g/mol. The highest BCUT2D eigenvalue weighted by Gasteiger charge is 2.41. The first kappa shape index (κ1) is 14.0. The Morgan fingerprint density at radius 2 is 1.62 bits per heavy atom. The molecular formula is C12H25NO2S. The van der Waals surface area contributed by atoms with Crippen molar-refractivity contribution < 1.29 is 8.42 Å². The molecule has 0 unspecified atom stereocenters. The summed E-state index contributed by atoms with van der Waals surface area (Å²) in [6.07, 6.45) is 6.27. The highest BCUT2D eigenvalue weighted by Crippen LogP contribution is 2.34. The number of rotatable bonds is 3. The molecule has 0 aromatic rings. The van der Waals surface area contributed by atoms with Gasteiger partial charge in [-0.3, -0.25) is 0 Å². The summed E-state index contributed by atoms with van der Waals surface area (Å²) in [6.45, 7) is 6.82. The Labute approximate surface area is 99.9 Å². The van der Waals surface area contributed by atoms with E-state index in [2.05, 4.69) is 26.1 Å². The lowest BCUT2D eigenvalue weighted by molar-refractivity contribution is 0.319. The first-order valence-corrected chi connectivity index (χ1v) is 8.00. The van der Waals surface area contributed by atoms with Crippen molar-refractivity contribution in [2.24, 2.45) is 0 Å². The third kappa shape index (κ3) is 3.45. The zero-order valence-electron chi connectivity index (χ0n) is 11.0. The Morgan fingerprint density at radius 3 is 2.00 bits per heavy atom. The van der Waals surface area contributed by atoms with Crippen LogP contribution in [0.5, 0.6) is 0 Å². The zero-order valence-corrected chi connectivity index (χ0v) is 11.8. The summed E-state index contributed by atoms with van der Waals surface area (Å²) >= 11 is 0. The maximum absolute atomic E-state index is 12.0. The number of sulfone groups is 1. The lowest BCUT2D eigenvalue weighted by Gasteiger charge is -2.38. The molecule has 1 fully saturated rings. The van der Waals surface area contributed by atoms with Gasteiger partial charge in [-0.05, 0) is 33.6 Å². The van der Waals surface area contributed by atoms with E-state index in [-0.39, 0.29) is 5.54 Å². The van der Waals surface area contributed by atoms with Gasteiger partial charge >= 0.3 is 0 Å². The van der Waals surface area contributed by atoms with Gasteiger partial charge < -0.3 is 5.32 Å². The minimum absolute atomic E-state index is 0.0187. The van der Waals surface area contributed by atoms with Gasteiger partial charge in [-0.2, -0.15) is 0 Å². The molecule has 0 aliphatic heterocycles. The maximum Gasteiger partial charge on any atom is 0.154 e. The van der Waals surface area contributed by atoms with Gasteiger partial charge in [0.25, 0.3) is 0 Å². The van der Waals surface area contributed by atoms with Crippen LogP contribution in [-0.4, -0.2) is 31.5 Å². The van der Waals surface area contributed by atoms with E-state index < -0.39 is 14.6 Å². The molecule has 1 aliphatic carbocycles. The Balaban J connectivity index is 2.80. The topological polar surface area (TPSA) is 46.2 Å². The molecule has 0 aromatic heterocycles. The first-order valence-electron chi connectivity index (χ1n) is 6.11. The molecule has 0 saturated heterocycles. The van der Waals surface area contributed by atoms with Crippen molar-refractivity contribution in [3.63, 3.8) is 0 Å². The molecule has 1 saturated carbocycles. The normalized spacial score (nSPS) is 22.0. The van der Waals surface area contributed by atoms with Gasteiger partial charge in [0.1, 0.15) is 0 Å². The van der Waals surface area contributed by atoms with E-state index in [4.69, 9.17) is 0 Å². The highest BCUT2D eigenvalue weighted by atomic mass is 32.2. The van der Waals surface area contributed by atoms with Crippen LogP contribution in [0.4, 0.5) is 0 Å². The van der Waals surface area contributed by atoms with E-state index in [0.29, 0.717) is 6.54 Å². The molecule has 0 aromatic carbocycles. The molecular weight excluding hydrogens is 222 g/mol. The molecule has 0 spiro atoms. The Morgan fingerprint density at radius 1 is 1.12 bits per heavy atom. The third-order valence-corrected chi connectivity index (χ3v) is 5.62. The molecule has 0 heterocycles. The van der Waals surface area contributed by atoms with Crippen molar-refractivity contribution >= 4 is 9.84 Å². The summed E-state index contributed by atoms with van der Waals surface area (Å²) in [5, 5.41) is 3.36. The summed E-state index contributed by atoms with van der Waals surface area (Å²) in [4.78, 5) is 0. The molecule has 3 nitrogen and oxygen atoms in total. The number of nitrogens with one attached hydrogen (secondary N) is 1. The van der Waals surface area contributed by atoms with Gasteiger partial charge in [-0.15, -0.1) is 0 Å². The van der Waals surface area contributed by atoms with E-state index >= 15 is 0 Å². The fraction of sp³-hybridized carbons (Fsp3) is 1.00. The van der Waals surface area contributed by atoms with Crippen LogP contribution in [0.1, 0.15) is 52.9 Å². The molecule has 16 heavy (non-hydrogen) atoms. The molecule has 0 atom stereocenters. The average molecular weight is 247 g/mol. The number of hydrogen-bond donors (Lipinski definition) is 1. The van der Waals surface area contributed by atoms with Crippen LogP contribution < -0.4 is 5.32 Å². The summed E-state index contributed by atoms with van der Waals surface area (Å²) in [6, 6.07) is 0. The molecule has 0 radical (unpaired) electrons. The Hall–Kier alpha value is -0.0900. The highest BCUT2D eigenvalue weighted by molar-refractivity contribution is 7.92. The van der Waals surface area contributed by atoms with E-state index in [9.17, 15) is 8.42 Å². The predicted octanol–water partition coefficient (Wildman–Crippen LogP) is 2.12. The van der Waals surface area contributed by atoms with Gasteiger partial charge in [0, 0.05) is 18.3 Å². The maximum atomic E-state index is 12.0. The second-order valence-corrected chi connectivity index (χ2v) is 8.53.